The third-order valence-corrected chi connectivity index (χ3v) is 13.5. The molecule has 0 saturated heterocycles. The molecule has 0 atom stereocenters. The molecule has 264 valence electrons. The van der Waals surface area contributed by atoms with Crippen LogP contribution in [0.5, 0.6) is 0 Å². The SMILES string of the molecule is c1ccc(N(c2cccc(N(c3ccccc3)c3ccc4c(c3)c3ccccc3n4-c3ccccc3)c2)c2ccc3[se]c4c5ccccc5ccc4c3c2)cc1. The van der Waals surface area contributed by atoms with Crippen LogP contribution in [0.2, 0.25) is 0 Å². The van der Waals surface area contributed by atoms with Crippen molar-refractivity contribution in [2.45, 2.75) is 0 Å². The number of para-hydroxylation sites is 4. The zero-order valence-corrected chi connectivity index (χ0v) is 32.2. The third-order valence-electron chi connectivity index (χ3n) is 10.9. The summed E-state index contributed by atoms with van der Waals surface area (Å²) in [7, 11) is 0. The van der Waals surface area contributed by atoms with Gasteiger partial charge in [-0.15, -0.1) is 0 Å². The fourth-order valence-corrected chi connectivity index (χ4v) is 11.0. The molecule has 4 heteroatoms. The molecule has 0 unspecified atom stereocenters. The maximum atomic E-state index is 2.41. The monoisotopic (exact) mass is 781 g/mol. The molecule has 0 fully saturated rings. The summed E-state index contributed by atoms with van der Waals surface area (Å²) in [5, 5.41) is 7.85. The standard InChI is InChI=1S/C52H35N3Se/c1-4-16-37(17-5-1)53(42-28-31-50-47(34-42)45-25-12-13-26-49(45)55(50)39-20-8-3-9-21-39)40-22-14-23-41(33-40)54(38-18-6-2-7-19-38)43-29-32-51-48(35-43)46-30-27-36-15-10-11-24-44(36)52(46)56-51/h1-35H. The predicted octanol–water partition coefficient (Wildman–Crippen LogP) is 14.2. The van der Waals surface area contributed by atoms with E-state index in [1.807, 2.05) is 0 Å². The minimum atomic E-state index is 0.256. The molecule has 0 aliphatic rings. The molecule has 2 heterocycles. The summed E-state index contributed by atoms with van der Waals surface area (Å²) in [5.74, 6) is 0. The van der Waals surface area contributed by atoms with E-state index in [4.69, 9.17) is 0 Å². The molecule has 0 N–H and O–H groups in total. The Morgan fingerprint density at radius 2 is 0.857 bits per heavy atom. The molecule has 11 rings (SSSR count). The van der Waals surface area contributed by atoms with Gasteiger partial charge in [0.1, 0.15) is 0 Å². The van der Waals surface area contributed by atoms with Crippen molar-refractivity contribution in [2.75, 3.05) is 9.80 Å². The van der Waals surface area contributed by atoms with Crippen LogP contribution in [-0.4, -0.2) is 19.1 Å². The van der Waals surface area contributed by atoms with Gasteiger partial charge in [-0.25, -0.2) is 0 Å². The van der Waals surface area contributed by atoms with Crippen molar-refractivity contribution in [1.29, 1.82) is 0 Å². The summed E-state index contributed by atoms with van der Waals surface area (Å²) in [6.45, 7) is 0. The van der Waals surface area contributed by atoms with E-state index in [0.29, 0.717) is 0 Å². The van der Waals surface area contributed by atoms with Crippen LogP contribution < -0.4 is 9.80 Å². The van der Waals surface area contributed by atoms with E-state index in [0.717, 1.165) is 39.8 Å². The summed E-state index contributed by atoms with van der Waals surface area (Å²) in [4.78, 5) is 4.78. The molecule has 0 saturated carbocycles. The second kappa shape index (κ2) is 13.5. The van der Waals surface area contributed by atoms with E-state index >= 15 is 0 Å². The number of aromatic nitrogens is 1. The molecule has 0 amide bonds. The van der Waals surface area contributed by atoms with E-state index < -0.39 is 0 Å². The van der Waals surface area contributed by atoms with Gasteiger partial charge in [0.25, 0.3) is 0 Å². The number of rotatable bonds is 7. The van der Waals surface area contributed by atoms with Crippen molar-refractivity contribution in [3.8, 4) is 5.69 Å². The van der Waals surface area contributed by atoms with E-state index in [9.17, 15) is 0 Å². The molecule has 0 aliphatic heterocycles. The Kier molecular flexibility index (Phi) is 7.84. The molecular formula is C52H35N3Se. The topological polar surface area (TPSA) is 11.4 Å². The molecule has 2 aromatic heterocycles. The Morgan fingerprint density at radius 1 is 0.321 bits per heavy atom. The number of hydrogen-bond donors (Lipinski definition) is 0. The van der Waals surface area contributed by atoms with Crippen molar-refractivity contribution in [1.82, 2.24) is 4.57 Å². The van der Waals surface area contributed by atoms with E-state index in [1.165, 1.54) is 51.9 Å². The Bertz CT molecular complexity index is 3200. The molecule has 0 spiro atoms. The van der Waals surface area contributed by atoms with Crippen LogP contribution in [0, 0.1) is 0 Å². The Balaban J connectivity index is 1.08. The minimum absolute atomic E-state index is 0.256. The summed E-state index contributed by atoms with van der Waals surface area (Å²) in [6, 6.07) is 77.2. The van der Waals surface area contributed by atoms with Crippen LogP contribution in [0.25, 0.3) is 57.6 Å². The first-order valence-electron chi connectivity index (χ1n) is 19.0. The van der Waals surface area contributed by atoms with E-state index in [-0.39, 0.29) is 14.5 Å². The van der Waals surface area contributed by atoms with Gasteiger partial charge in [-0.2, -0.15) is 0 Å². The van der Waals surface area contributed by atoms with Crippen molar-refractivity contribution in [3.05, 3.63) is 212 Å². The van der Waals surface area contributed by atoms with Crippen LogP contribution in [0.15, 0.2) is 212 Å². The van der Waals surface area contributed by atoms with Gasteiger partial charge in [-0.05, 0) is 18.2 Å². The Morgan fingerprint density at radius 3 is 1.57 bits per heavy atom. The van der Waals surface area contributed by atoms with Crippen LogP contribution in [-0.2, 0) is 0 Å². The van der Waals surface area contributed by atoms with E-state index in [2.05, 4.69) is 227 Å². The average molecular weight is 781 g/mol. The Hall–Kier alpha value is -6.84. The fourth-order valence-electron chi connectivity index (χ4n) is 8.41. The number of benzene rings is 9. The predicted molar refractivity (Wildman–Crippen MR) is 240 cm³/mol. The molecule has 56 heavy (non-hydrogen) atoms. The van der Waals surface area contributed by atoms with Crippen molar-refractivity contribution >= 4 is 100 Å². The van der Waals surface area contributed by atoms with E-state index in [1.54, 1.807) is 0 Å². The number of anilines is 6. The van der Waals surface area contributed by atoms with Gasteiger partial charge in [-0.1, -0.05) is 42.5 Å². The second-order valence-corrected chi connectivity index (χ2v) is 16.4. The normalized spacial score (nSPS) is 11.6. The summed E-state index contributed by atoms with van der Waals surface area (Å²) >= 11 is 0.256. The van der Waals surface area contributed by atoms with Gasteiger partial charge in [0.05, 0.1) is 11.0 Å². The van der Waals surface area contributed by atoms with Crippen LogP contribution in [0.3, 0.4) is 0 Å². The molecule has 0 aliphatic carbocycles. The van der Waals surface area contributed by atoms with Crippen LogP contribution in [0.4, 0.5) is 34.1 Å². The average Bonchev–Trinajstić information content (AvgIpc) is 3.81. The number of nitrogens with zero attached hydrogens (tertiary/aromatic N) is 3. The van der Waals surface area contributed by atoms with Gasteiger partial charge in [-0.3, -0.25) is 0 Å². The fraction of sp³-hybridized carbons (Fsp3) is 0. The summed E-state index contributed by atoms with van der Waals surface area (Å²) in [5.41, 5.74) is 10.2. The first-order valence-corrected chi connectivity index (χ1v) is 20.7. The molecule has 11 aromatic rings. The van der Waals surface area contributed by atoms with Crippen LogP contribution >= 0.6 is 0 Å². The zero-order valence-electron chi connectivity index (χ0n) is 30.5. The number of fused-ring (bicyclic) bond motifs is 8. The third kappa shape index (κ3) is 5.42. The number of hydrogen-bond acceptors (Lipinski definition) is 2. The first-order chi connectivity index (χ1) is 27.8. The van der Waals surface area contributed by atoms with Crippen molar-refractivity contribution < 1.29 is 0 Å². The molecule has 9 aromatic carbocycles. The van der Waals surface area contributed by atoms with Gasteiger partial charge in [0.2, 0.25) is 0 Å². The van der Waals surface area contributed by atoms with Gasteiger partial charge < -0.3 is 4.57 Å². The van der Waals surface area contributed by atoms with Gasteiger partial charge in [0, 0.05) is 11.1 Å². The Labute approximate surface area is 331 Å². The first kappa shape index (κ1) is 32.6. The maximum absolute atomic E-state index is 2.41. The van der Waals surface area contributed by atoms with Crippen LogP contribution in [0.1, 0.15) is 0 Å². The summed E-state index contributed by atoms with van der Waals surface area (Å²) in [6.07, 6.45) is 0. The quantitative estimate of drug-likeness (QED) is 0.149. The van der Waals surface area contributed by atoms with Gasteiger partial charge >= 0.3 is 246 Å². The molecular weight excluding hydrogens is 746 g/mol. The summed E-state index contributed by atoms with van der Waals surface area (Å²) < 4.78 is 5.30. The molecule has 3 nitrogen and oxygen atoms in total. The van der Waals surface area contributed by atoms with Crippen molar-refractivity contribution in [3.63, 3.8) is 0 Å². The molecule has 0 bridgehead atoms. The zero-order chi connectivity index (χ0) is 37.0. The second-order valence-electron chi connectivity index (χ2n) is 14.2. The van der Waals surface area contributed by atoms with Crippen molar-refractivity contribution in [2.24, 2.45) is 0 Å². The van der Waals surface area contributed by atoms with Gasteiger partial charge in [0.15, 0.2) is 0 Å². The molecule has 0 radical (unpaired) electrons.